The van der Waals surface area contributed by atoms with E-state index in [1.165, 1.54) is 0 Å². The monoisotopic (exact) mass is 445 g/mol. The van der Waals surface area contributed by atoms with Crippen LogP contribution in [0.15, 0.2) is 30.3 Å². The van der Waals surface area contributed by atoms with Crippen LogP contribution in [0, 0.1) is 5.92 Å². The smallest absolute Gasteiger partial charge is 0.320 e. The molecule has 0 aliphatic carbocycles. The standard InChI is InChI=1S/C9H11NO2.C6H13NO2.C5H11NO2S/c10-8(9(11)12)6-7-4-2-1-3-5-7;1-4(2)3-5(7)6(8)9;1-9-3-2-4(6)5(7)8/h1-5,8H,6,10H2,(H,11,12);4-5H,3,7H2,1-2H3,(H,8,9);4H,2-3,6H2,1H3,(H,7,8)/t8-;5-;4-/m111/s1. The average Bonchev–Trinajstić information content (AvgIpc) is 2.67. The highest BCUT2D eigenvalue weighted by Gasteiger charge is 2.12. The number of hydrogen-bond donors (Lipinski definition) is 6. The Hall–Kier alpha value is -2.14. The van der Waals surface area contributed by atoms with Gasteiger partial charge in [-0.3, -0.25) is 14.4 Å². The summed E-state index contributed by atoms with van der Waals surface area (Å²) in [7, 11) is 0. The van der Waals surface area contributed by atoms with Crippen LogP contribution < -0.4 is 17.2 Å². The van der Waals surface area contributed by atoms with E-state index >= 15 is 0 Å². The van der Waals surface area contributed by atoms with Gasteiger partial charge >= 0.3 is 17.9 Å². The lowest BCUT2D eigenvalue weighted by Gasteiger charge is -2.07. The van der Waals surface area contributed by atoms with Gasteiger partial charge in [-0.2, -0.15) is 11.8 Å². The summed E-state index contributed by atoms with van der Waals surface area (Å²) in [5, 5.41) is 25.1. The van der Waals surface area contributed by atoms with Crippen molar-refractivity contribution in [2.24, 2.45) is 23.1 Å². The van der Waals surface area contributed by atoms with E-state index in [-0.39, 0.29) is 0 Å². The molecule has 1 rings (SSSR count). The number of nitrogens with two attached hydrogens (primary N) is 3. The molecule has 9 nitrogen and oxygen atoms in total. The zero-order valence-electron chi connectivity index (χ0n) is 17.7. The van der Waals surface area contributed by atoms with Crippen molar-refractivity contribution >= 4 is 29.7 Å². The Bertz CT molecular complexity index is 616. The molecule has 3 atom stereocenters. The van der Waals surface area contributed by atoms with Crippen LogP contribution >= 0.6 is 11.8 Å². The highest BCUT2D eigenvalue weighted by Crippen LogP contribution is 2.02. The Balaban J connectivity index is 0. The second kappa shape index (κ2) is 17.7. The van der Waals surface area contributed by atoms with E-state index in [2.05, 4.69) is 0 Å². The van der Waals surface area contributed by atoms with Crippen molar-refractivity contribution in [1.82, 2.24) is 0 Å². The van der Waals surface area contributed by atoms with Gasteiger partial charge in [0.05, 0.1) is 0 Å². The fraction of sp³-hybridized carbons (Fsp3) is 0.550. The molecule has 9 N–H and O–H groups in total. The molecule has 0 saturated carbocycles. The fourth-order valence-corrected chi connectivity index (χ4v) is 2.42. The number of carboxylic acids is 3. The number of hydrogen-bond acceptors (Lipinski definition) is 7. The first kappa shape index (κ1) is 30.1. The van der Waals surface area contributed by atoms with Crippen molar-refractivity contribution in [3.05, 3.63) is 35.9 Å². The third kappa shape index (κ3) is 17.9. The van der Waals surface area contributed by atoms with Gasteiger partial charge in [0.2, 0.25) is 0 Å². The van der Waals surface area contributed by atoms with Crippen molar-refractivity contribution in [3.8, 4) is 0 Å². The maximum Gasteiger partial charge on any atom is 0.320 e. The van der Waals surface area contributed by atoms with Crippen molar-refractivity contribution in [1.29, 1.82) is 0 Å². The molecule has 0 aliphatic heterocycles. The van der Waals surface area contributed by atoms with Crippen molar-refractivity contribution in [2.75, 3.05) is 12.0 Å². The SMILES string of the molecule is CC(C)C[C@@H](N)C(=O)O.CSCC[C@@H](N)C(=O)O.N[C@H](Cc1ccccc1)C(=O)O. The van der Waals surface area contributed by atoms with Crippen LogP contribution in [0.2, 0.25) is 0 Å². The molecule has 0 unspecified atom stereocenters. The highest BCUT2D eigenvalue weighted by molar-refractivity contribution is 7.98. The minimum Gasteiger partial charge on any atom is -0.480 e. The van der Waals surface area contributed by atoms with E-state index in [4.69, 9.17) is 32.5 Å². The molecule has 0 heterocycles. The van der Waals surface area contributed by atoms with Gasteiger partial charge in [-0.15, -0.1) is 0 Å². The first-order chi connectivity index (χ1) is 13.9. The molecule has 1 aromatic rings. The number of benzene rings is 1. The van der Waals surface area contributed by atoms with Gasteiger partial charge < -0.3 is 32.5 Å². The van der Waals surface area contributed by atoms with E-state index in [0.29, 0.717) is 25.2 Å². The Kier molecular flexibility index (Phi) is 17.7. The first-order valence-electron chi connectivity index (χ1n) is 9.40. The fourth-order valence-electron chi connectivity index (χ4n) is 1.93. The van der Waals surface area contributed by atoms with Gasteiger partial charge in [-0.1, -0.05) is 44.2 Å². The van der Waals surface area contributed by atoms with E-state index in [1.807, 2.05) is 50.4 Å². The quantitative estimate of drug-likeness (QED) is 0.305. The molecule has 10 heteroatoms. The number of aliphatic carboxylic acids is 3. The Morgan fingerprint density at radius 3 is 1.67 bits per heavy atom. The molecule has 0 spiro atoms. The predicted molar refractivity (Wildman–Crippen MR) is 119 cm³/mol. The number of rotatable bonds is 10. The number of thioether (sulfide) groups is 1. The predicted octanol–water partition coefficient (Wildman–Crippen LogP) is 1.24. The summed E-state index contributed by atoms with van der Waals surface area (Å²) in [5.41, 5.74) is 16.7. The molecule has 1 aromatic carbocycles. The van der Waals surface area contributed by atoms with E-state index in [0.717, 1.165) is 11.3 Å². The largest absolute Gasteiger partial charge is 0.480 e. The second-order valence-corrected chi connectivity index (χ2v) is 7.92. The molecule has 0 saturated heterocycles. The normalized spacial score (nSPS) is 13.0. The molecule has 0 amide bonds. The van der Waals surface area contributed by atoms with Crippen molar-refractivity contribution in [2.45, 2.75) is 51.2 Å². The lowest BCUT2D eigenvalue weighted by Crippen LogP contribution is -2.32. The summed E-state index contributed by atoms with van der Waals surface area (Å²) in [5.74, 6) is -1.62. The molecule has 30 heavy (non-hydrogen) atoms. The Morgan fingerprint density at radius 2 is 1.33 bits per heavy atom. The summed E-state index contributed by atoms with van der Waals surface area (Å²) >= 11 is 1.60. The summed E-state index contributed by atoms with van der Waals surface area (Å²) < 4.78 is 0. The third-order valence-corrected chi connectivity index (χ3v) is 4.25. The first-order valence-corrected chi connectivity index (χ1v) is 10.8. The van der Waals surface area contributed by atoms with E-state index in [9.17, 15) is 14.4 Å². The molecule has 172 valence electrons. The van der Waals surface area contributed by atoms with Gasteiger partial charge in [0, 0.05) is 0 Å². The van der Waals surface area contributed by atoms with Crippen molar-refractivity contribution < 1.29 is 29.7 Å². The van der Waals surface area contributed by atoms with Gasteiger partial charge in [-0.05, 0) is 42.8 Å². The van der Waals surface area contributed by atoms with Crippen LogP contribution in [0.4, 0.5) is 0 Å². The molecule has 0 aromatic heterocycles. The van der Waals surface area contributed by atoms with Crippen LogP contribution in [0.1, 0.15) is 32.3 Å². The number of carboxylic acid groups (broad SMARTS) is 3. The molecule has 0 fully saturated rings. The van der Waals surface area contributed by atoms with Gasteiger partial charge in [-0.25, -0.2) is 0 Å². The maximum atomic E-state index is 10.4. The minimum absolute atomic E-state index is 0.357. The minimum atomic E-state index is -0.959. The van der Waals surface area contributed by atoms with E-state index < -0.39 is 36.0 Å². The van der Waals surface area contributed by atoms with Crippen LogP contribution in [-0.4, -0.2) is 63.4 Å². The highest BCUT2D eigenvalue weighted by atomic mass is 32.2. The van der Waals surface area contributed by atoms with Crippen LogP contribution in [0.25, 0.3) is 0 Å². The van der Waals surface area contributed by atoms with Gasteiger partial charge in [0.1, 0.15) is 18.1 Å². The van der Waals surface area contributed by atoms with Crippen LogP contribution in [0.3, 0.4) is 0 Å². The summed E-state index contributed by atoms with van der Waals surface area (Å²) in [6.45, 7) is 3.89. The summed E-state index contributed by atoms with van der Waals surface area (Å²) in [6.07, 6.45) is 3.41. The summed E-state index contributed by atoms with van der Waals surface area (Å²) in [4.78, 5) is 30.6. The topological polar surface area (TPSA) is 190 Å². The molecular weight excluding hydrogens is 410 g/mol. The van der Waals surface area contributed by atoms with E-state index in [1.54, 1.807) is 11.8 Å². The second-order valence-electron chi connectivity index (χ2n) is 6.93. The lowest BCUT2D eigenvalue weighted by molar-refractivity contribution is -0.139. The Morgan fingerprint density at radius 1 is 0.867 bits per heavy atom. The maximum absolute atomic E-state index is 10.4. The average molecular weight is 446 g/mol. The summed E-state index contributed by atoms with van der Waals surface area (Å²) in [6, 6.07) is 7.17. The van der Waals surface area contributed by atoms with Crippen LogP contribution in [0.5, 0.6) is 0 Å². The van der Waals surface area contributed by atoms with Gasteiger partial charge in [0.15, 0.2) is 0 Å². The molecule has 0 radical (unpaired) electrons. The van der Waals surface area contributed by atoms with Crippen LogP contribution in [-0.2, 0) is 20.8 Å². The van der Waals surface area contributed by atoms with Gasteiger partial charge in [0.25, 0.3) is 0 Å². The molecule has 0 bridgehead atoms. The lowest BCUT2D eigenvalue weighted by atomic mass is 10.1. The number of carbonyl (C=O) groups is 3. The third-order valence-electron chi connectivity index (χ3n) is 3.61. The molecular formula is C20H35N3O6S. The Labute approximate surface area is 182 Å². The van der Waals surface area contributed by atoms with Crippen molar-refractivity contribution in [3.63, 3.8) is 0 Å². The molecule has 0 aliphatic rings. The zero-order valence-corrected chi connectivity index (χ0v) is 18.5. The zero-order chi connectivity index (χ0) is 23.7.